The van der Waals surface area contributed by atoms with Gasteiger partial charge in [-0.3, -0.25) is 9.59 Å². The Labute approximate surface area is 142 Å². The molecule has 0 radical (unpaired) electrons. The fourth-order valence-electron chi connectivity index (χ4n) is 2.16. The maximum absolute atomic E-state index is 12.1. The van der Waals surface area contributed by atoms with Gasteiger partial charge in [-0.2, -0.15) is 0 Å². The number of aromatic nitrogens is 1. The van der Waals surface area contributed by atoms with Crippen LogP contribution in [0.25, 0.3) is 0 Å². The van der Waals surface area contributed by atoms with Gasteiger partial charge in [0.05, 0.1) is 10.9 Å². The summed E-state index contributed by atoms with van der Waals surface area (Å²) in [6, 6.07) is 8.91. The minimum Gasteiger partial charge on any atom is -0.324 e. The molecule has 23 heavy (non-hydrogen) atoms. The predicted molar refractivity (Wildman–Crippen MR) is 91.9 cm³/mol. The number of carbonyl (C=O) groups is 2. The predicted octanol–water partition coefficient (Wildman–Crippen LogP) is 3.49. The Morgan fingerprint density at radius 3 is 2.96 bits per heavy atom. The lowest BCUT2D eigenvalue weighted by molar-refractivity contribution is -0.120. The van der Waals surface area contributed by atoms with Gasteiger partial charge in [-0.1, -0.05) is 17.7 Å². The lowest BCUT2D eigenvalue weighted by Gasteiger charge is -2.23. The standard InChI is InChI=1S/C16H14ClN3O2S/c1-9-2-5-14(18-8-9)20-15(21)7-13-16(22)19-11-6-10(17)3-4-12(11)23-13/h2-6,8,13H,7H2,1H3,(H,19,22)(H,18,20,21). The van der Waals surface area contributed by atoms with Crippen molar-refractivity contribution >= 4 is 46.7 Å². The summed E-state index contributed by atoms with van der Waals surface area (Å²) < 4.78 is 0. The van der Waals surface area contributed by atoms with Crippen LogP contribution < -0.4 is 10.6 Å². The van der Waals surface area contributed by atoms with E-state index in [4.69, 9.17) is 11.6 Å². The van der Waals surface area contributed by atoms with Crippen LogP contribution in [0.4, 0.5) is 11.5 Å². The zero-order valence-electron chi connectivity index (χ0n) is 12.3. The normalized spacial score (nSPS) is 16.4. The first kappa shape index (κ1) is 15.8. The second-order valence-electron chi connectivity index (χ2n) is 5.21. The van der Waals surface area contributed by atoms with E-state index in [1.165, 1.54) is 11.8 Å². The van der Waals surface area contributed by atoms with E-state index >= 15 is 0 Å². The first-order valence-electron chi connectivity index (χ1n) is 7.01. The number of rotatable bonds is 3. The quantitative estimate of drug-likeness (QED) is 0.891. The van der Waals surface area contributed by atoms with Crippen molar-refractivity contribution in [1.82, 2.24) is 4.98 Å². The van der Waals surface area contributed by atoms with Gasteiger partial charge in [0.1, 0.15) is 5.82 Å². The number of fused-ring (bicyclic) bond motifs is 1. The summed E-state index contributed by atoms with van der Waals surface area (Å²) in [7, 11) is 0. The van der Waals surface area contributed by atoms with E-state index in [1.54, 1.807) is 24.4 Å². The van der Waals surface area contributed by atoms with E-state index in [0.29, 0.717) is 16.5 Å². The monoisotopic (exact) mass is 347 g/mol. The van der Waals surface area contributed by atoms with Crippen LogP contribution in [-0.2, 0) is 9.59 Å². The molecule has 0 fully saturated rings. The molecule has 1 aliphatic heterocycles. The Morgan fingerprint density at radius 2 is 2.22 bits per heavy atom. The van der Waals surface area contributed by atoms with Crippen molar-refractivity contribution in [2.45, 2.75) is 23.5 Å². The molecule has 0 bridgehead atoms. The van der Waals surface area contributed by atoms with Crippen LogP contribution in [0.2, 0.25) is 5.02 Å². The number of halogens is 1. The number of nitrogens with zero attached hydrogens (tertiary/aromatic N) is 1. The number of hydrogen-bond donors (Lipinski definition) is 2. The highest BCUT2D eigenvalue weighted by molar-refractivity contribution is 8.01. The lowest BCUT2D eigenvalue weighted by atomic mass is 10.2. The van der Waals surface area contributed by atoms with Gasteiger partial charge < -0.3 is 10.6 Å². The largest absolute Gasteiger partial charge is 0.324 e. The summed E-state index contributed by atoms with van der Waals surface area (Å²) in [4.78, 5) is 29.3. The topological polar surface area (TPSA) is 71.1 Å². The Bertz CT molecular complexity index is 764. The molecule has 7 heteroatoms. The molecule has 118 valence electrons. The smallest absolute Gasteiger partial charge is 0.238 e. The number of thioether (sulfide) groups is 1. The van der Waals surface area contributed by atoms with Crippen molar-refractivity contribution in [3.63, 3.8) is 0 Å². The zero-order chi connectivity index (χ0) is 16.4. The van der Waals surface area contributed by atoms with Crippen molar-refractivity contribution in [1.29, 1.82) is 0 Å². The fourth-order valence-corrected chi connectivity index (χ4v) is 3.42. The highest BCUT2D eigenvalue weighted by Crippen LogP contribution is 2.38. The minimum absolute atomic E-state index is 0.0775. The molecule has 5 nitrogen and oxygen atoms in total. The molecule has 1 aromatic heterocycles. The van der Waals surface area contributed by atoms with Crippen LogP contribution in [-0.4, -0.2) is 22.0 Å². The van der Waals surface area contributed by atoms with Crippen molar-refractivity contribution in [3.05, 3.63) is 47.1 Å². The van der Waals surface area contributed by atoms with Gasteiger partial charge in [0, 0.05) is 22.5 Å². The van der Waals surface area contributed by atoms with Gasteiger partial charge in [0.25, 0.3) is 0 Å². The maximum atomic E-state index is 12.1. The average molecular weight is 348 g/mol. The molecule has 2 N–H and O–H groups in total. The van der Waals surface area contributed by atoms with Crippen molar-refractivity contribution in [3.8, 4) is 0 Å². The Hall–Kier alpha value is -2.05. The van der Waals surface area contributed by atoms with Crippen LogP contribution in [0.3, 0.4) is 0 Å². The van der Waals surface area contributed by atoms with E-state index in [1.807, 2.05) is 19.1 Å². The molecular weight excluding hydrogens is 334 g/mol. The Morgan fingerprint density at radius 1 is 1.39 bits per heavy atom. The highest BCUT2D eigenvalue weighted by atomic mass is 35.5. The molecule has 0 aliphatic carbocycles. The van der Waals surface area contributed by atoms with Crippen molar-refractivity contribution < 1.29 is 9.59 Å². The molecule has 0 saturated heterocycles. The Balaban J connectivity index is 1.66. The molecule has 0 spiro atoms. The van der Waals surface area contributed by atoms with E-state index in [0.717, 1.165) is 10.5 Å². The number of carbonyl (C=O) groups excluding carboxylic acids is 2. The first-order valence-corrected chi connectivity index (χ1v) is 8.26. The van der Waals surface area contributed by atoms with E-state index < -0.39 is 5.25 Å². The number of hydrogen-bond acceptors (Lipinski definition) is 4. The first-order chi connectivity index (χ1) is 11.0. The van der Waals surface area contributed by atoms with Crippen LogP contribution in [0.1, 0.15) is 12.0 Å². The van der Waals surface area contributed by atoms with Crippen LogP contribution in [0, 0.1) is 6.92 Å². The number of amides is 2. The Kier molecular flexibility index (Phi) is 4.54. The second-order valence-corrected chi connectivity index (χ2v) is 6.89. The van der Waals surface area contributed by atoms with Crippen LogP contribution >= 0.6 is 23.4 Å². The van der Waals surface area contributed by atoms with Crippen molar-refractivity contribution in [2.75, 3.05) is 10.6 Å². The van der Waals surface area contributed by atoms with E-state index in [9.17, 15) is 9.59 Å². The number of benzene rings is 1. The molecule has 2 amide bonds. The van der Waals surface area contributed by atoms with Gasteiger partial charge in [0.2, 0.25) is 11.8 Å². The molecule has 1 atom stereocenters. The third-order valence-electron chi connectivity index (χ3n) is 3.31. The number of anilines is 2. The summed E-state index contributed by atoms with van der Waals surface area (Å²) in [5, 5.41) is 5.58. The van der Waals surface area contributed by atoms with E-state index in [2.05, 4.69) is 15.6 Å². The minimum atomic E-state index is -0.478. The van der Waals surface area contributed by atoms with Crippen molar-refractivity contribution in [2.24, 2.45) is 0 Å². The lowest BCUT2D eigenvalue weighted by Crippen LogP contribution is -2.32. The molecule has 2 aromatic rings. The highest BCUT2D eigenvalue weighted by Gasteiger charge is 2.29. The van der Waals surface area contributed by atoms with Crippen LogP contribution in [0.5, 0.6) is 0 Å². The third-order valence-corrected chi connectivity index (χ3v) is 4.82. The fraction of sp³-hybridized carbons (Fsp3) is 0.188. The summed E-state index contributed by atoms with van der Waals surface area (Å²) >= 11 is 7.28. The van der Waals surface area contributed by atoms with E-state index in [-0.39, 0.29) is 18.2 Å². The molecule has 3 rings (SSSR count). The second kappa shape index (κ2) is 6.60. The summed E-state index contributed by atoms with van der Waals surface area (Å²) in [6.45, 7) is 1.92. The SMILES string of the molecule is Cc1ccc(NC(=O)CC2Sc3ccc(Cl)cc3NC2=O)nc1. The maximum Gasteiger partial charge on any atom is 0.238 e. The molecule has 2 heterocycles. The molecule has 0 saturated carbocycles. The summed E-state index contributed by atoms with van der Waals surface area (Å²) in [6.07, 6.45) is 1.76. The number of pyridine rings is 1. The van der Waals surface area contributed by atoms with Gasteiger partial charge >= 0.3 is 0 Å². The average Bonchev–Trinajstić information content (AvgIpc) is 2.50. The van der Waals surface area contributed by atoms with Gasteiger partial charge in [-0.25, -0.2) is 4.98 Å². The zero-order valence-corrected chi connectivity index (χ0v) is 13.9. The van der Waals surface area contributed by atoms with Gasteiger partial charge in [0.15, 0.2) is 0 Å². The summed E-state index contributed by atoms with van der Waals surface area (Å²) in [5.74, 6) is 0.0391. The number of aryl methyl sites for hydroxylation is 1. The van der Waals surface area contributed by atoms with Gasteiger partial charge in [-0.15, -0.1) is 11.8 Å². The summed E-state index contributed by atoms with van der Waals surface area (Å²) in [5.41, 5.74) is 1.70. The van der Waals surface area contributed by atoms with Crippen LogP contribution in [0.15, 0.2) is 41.4 Å². The molecule has 1 aliphatic rings. The van der Waals surface area contributed by atoms with Gasteiger partial charge in [-0.05, 0) is 36.8 Å². The molecule has 1 aromatic carbocycles. The third kappa shape index (κ3) is 3.83. The molecular formula is C16H14ClN3O2S. The molecule has 1 unspecified atom stereocenters. The number of nitrogens with one attached hydrogen (secondary N) is 2.